The number of fused-ring (bicyclic) bond motifs is 13. The second-order valence-electron chi connectivity index (χ2n) is 20.2. The van der Waals surface area contributed by atoms with E-state index in [-0.39, 0.29) is 10.8 Å². The van der Waals surface area contributed by atoms with Crippen molar-refractivity contribution in [3.63, 3.8) is 0 Å². The molecule has 0 amide bonds. The molecular formula is C64H51ClN2O. The van der Waals surface area contributed by atoms with Crippen molar-refractivity contribution in [2.75, 3.05) is 9.80 Å². The first-order valence-corrected chi connectivity index (χ1v) is 24.0. The Labute approximate surface area is 402 Å². The van der Waals surface area contributed by atoms with Crippen molar-refractivity contribution in [1.29, 1.82) is 0 Å². The summed E-state index contributed by atoms with van der Waals surface area (Å²) in [5.41, 5.74) is 7.94. The van der Waals surface area contributed by atoms with Gasteiger partial charge in [0.15, 0.2) is 0 Å². The quantitative estimate of drug-likeness (QED) is 0.155. The maximum Gasteiger partial charge on any atom is 0.205 e. The molecule has 0 atom stereocenters. The average molecular weight is 900 g/mol. The lowest BCUT2D eigenvalue weighted by molar-refractivity contribution is 0.589. The molecule has 1 heterocycles. The van der Waals surface area contributed by atoms with E-state index in [1.54, 1.807) is 0 Å². The summed E-state index contributed by atoms with van der Waals surface area (Å²) in [7, 11) is 0. The fraction of sp³-hybridized carbons (Fsp3) is 0.125. The molecule has 0 saturated heterocycles. The molecule has 0 spiro atoms. The van der Waals surface area contributed by atoms with Crippen LogP contribution in [0.2, 0.25) is 5.02 Å². The fourth-order valence-electron chi connectivity index (χ4n) is 10.6. The van der Waals surface area contributed by atoms with E-state index in [1.807, 2.05) is 0 Å². The maximum atomic E-state index is 8.19. The minimum Gasteiger partial charge on any atom is -0.440 e. The summed E-state index contributed by atoms with van der Waals surface area (Å²) in [6, 6.07) is 72.6. The highest BCUT2D eigenvalue weighted by Gasteiger charge is 2.28. The Morgan fingerprint density at radius 3 is 1.19 bits per heavy atom. The van der Waals surface area contributed by atoms with Gasteiger partial charge in [-0.15, -0.1) is 0 Å². The molecule has 4 heteroatoms. The standard InChI is InChI=1S/C64H51ClN2O/c1-63(2,3)41-32-35-43(36-33-41)66(54-28-15-26-52-48-20-9-7-18-44(48)46-22-11-13-24-50(46)60(52)54)56-30-17-31-57(62(56)65)67(59-39-40-38-42(64(4,5)6)34-37-58(40)68-59)55-29-16-27-53-49-21-10-8-19-45(49)47-23-12-14-25-51(47)61(53)55/h7-39H,1-6H3. The van der Waals surface area contributed by atoms with E-state index in [2.05, 4.69) is 252 Å². The Bertz CT molecular complexity index is 3870. The smallest absolute Gasteiger partial charge is 0.205 e. The molecular weight excluding hydrogens is 848 g/mol. The van der Waals surface area contributed by atoms with Gasteiger partial charge in [-0.2, -0.15) is 0 Å². The van der Waals surface area contributed by atoms with Crippen molar-refractivity contribution in [2.45, 2.75) is 52.4 Å². The Hall–Kier alpha value is -7.59. The maximum absolute atomic E-state index is 8.19. The van der Waals surface area contributed by atoms with Gasteiger partial charge in [-0.25, -0.2) is 0 Å². The van der Waals surface area contributed by atoms with Crippen LogP contribution in [0, 0.1) is 0 Å². The molecule has 0 radical (unpaired) electrons. The Balaban J connectivity index is 1.17. The summed E-state index contributed by atoms with van der Waals surface area (Å²) in [4.78, 5) is 4.61. The second-order valence-corrected chi connectivity index (χ2v) is 20.6. The molecule has 330 valence electrons. The van der Waals surface area contributed by atoms with Crippen molar-refractivity contribution < 1.29 is 4.42 Å². The lowest BCUT2D eigenvalue weighted by Crippen LogP contribution is -2.15. The number of hydrogen-bond acceptors (Lipinski definition) is 3. The predicted octanol–water partition coefficient (Wildman–Crippen LogP) is 19.5. The van der Waals surface area contributed by atoms with Gasteiger partial charge >= 0.3 is 0 Å². The third kappa shape index (κ3) is 6.71. The number of rotatable bonds is 6. The molecule has 1 aromatic heterocycles. The molecule has 0 saturated carbocycles. The van der Waals surface area contributed by atoms with E-state index in [0.717, 1.165) is 55.6 Å². The highest BCUT2D eigenvalue weighted by atomic mass is 35.5. The van der Waals surface area contributed by atoms with Crippen molar-refractivity contribution in [2.24, 2.45) is 0 Å². The molecule has 11 aromatic carbocycles. The summed E-state index contributed by atoms with van der Waals surface area (Å²) < 4.78 is 7.03. The number of nitrogens with zero attached hydrogens (tertiary/aromatic N) is 2. The Kier molecular flexibility index (Phi) is 9.69. The van der Waals surface area contributed by atoms with E-state index in [1.165, 1.54) is 59.6 Å². The Morgan fingerprint density at radius 1 is 0.353 bits per heavy atom. The van der Waals surface area contributed by atoms with Crippen LogP contribution in [-0.4, -0.2) is 0 Å². The van der Waals surface area contributed by atoms with Crippen LogP contribution < -0.4 is 9.80 Å². The fourth-order valence-corrected chi connectivity index (χ4v) is 10.9. The lowest BCUT2D eigenvalue weighted by Gasteiger charge is -2.32. The zero-order valence-electron chi connectivity index (χ0n) is 39.2. The first-order valence-electron chi connectivity index (χ1n) is 23.6. The molecule has 0 bridgehead atoms. The van der Waals surface area contributed by atoms with Crippen molar-refractivity contribution in [3.8, 4) is 0 Å². The summed E-state index contributed by atoms with van der Waals surface area (Å²) in [6.07, 6.45) is 0. The van der Waals surface area contributed by atoms with Gasteiger partial charge in [0.05, 0.1) is 27.8 Å². The van der Waals surface area contributed by atoms with Crippen molar-refractivity contribution >= 4 is 122 Å². The monoisotopic (exact) mass is 898 g/mol. The molecule has 0 unspecified atom stereocenters. The zero-order valence-corrected chi connectivity index (χ0v) is 40.0. The number of anilines is 6. The minimum absolute atomic E-state index is 0.0236. The van der Waals surface area contributed by atoms with Crippen molar-refractivity contribution in [3.05, 3.63) is 216 Å². The molecule has 0 fully saturated rings. The zero-order chi connectivity index (χ0) is 46.5. The first kappa shape index (κ1) is 41.8. The van der Waals surface area contributed by atoms with Crippen LogP contribution in [0.15, 0.2) is 205 Å². The van der Waals surface area contributed by atoms with Gasteiger partial charge in [0.25, 0.3) is 0 Å². The van der Waals surface area contributed by atoms with Crippen LogP contribution in [0.25, 0.3) is 75.6 Å². The summed E-state index contributed by atoms with van der Waals surface area (Å²) in [5, 5.41) is 15.9. The molecule has 3 nitrogen and oxygen atoms in total. The summed E-state index contributed by atoms with van der Waals surface area (Å²) >= 11 is 8.19. The van der Waals surface area contributed by atoms with Crippen LogP contribution >= 0.6 is 11.6 Å². The van der Waals surface area contributed by atoms with Crippen LogP contribution in [0.3, 0.4) is 0 Å². The third-order valence-electron chi connectivity index (χ3n) is 14.0. The lowest BCUT2D eigenvalue weighted by atomic mass is 9.86. The average Bonchev–Trinajstić information content (AvgIpc) is 3.78. The highest BCUT2D eigenvalue weighted by molar-refractivity contribution is 6.38. The third-order valence-corrected chi connectivity index (χ3v) is 14.4. The number of furan rings is 1. The van der Waals surface area contributed by atoms with Crippen molar-refractivity contribution in [1.82, 2.24) is 0 Å². The second kappa shape index (κ2) is 15.8. The molecule has 0 aliphatic heterocycles. The SMILES string of the molecule is CC(C)(C)c1ccc(N(c2cccc(N(c3cc4cc(C(C)(C)C)ccc4o3)c3cccc4c5ccccc5c5ccccc5c34)c2Cl)c2cccc3c4ccccc4c4ccccc4c23)cc1. The summed E-state index contributed by atoms with van der Waals surface area (Å²) in [6.45, 7) is 13.5. The number of halogens is 1. The Morgan fingerprint density at radius 2 is 0.721 bits per heavy atom. The van der Waals surface area contributed by atoms with E-state index < -0.39 is 0 Å². The van der Waals surface area contributed by atoms with E-state index in [9.17, 15) is 0 Å². The molecule has 12 aromatic rings. The number of hydrogen-bond donors (Lipinski definition) is 0. The predicted molar refractivity (Wildman–Crippen MR) is 293 cm³/mol. The van der Waals surface area contributed by atoms with Gasteiger partial charge in [-0.3, -0.25) is 4.90 Å². The van der Waals surface area contributed by atoms with E-state index in [0.29, 0.717) is 10.9 Å². The minimum atomic E-state index is -0.0354. The topological polar surface area (TPSA) is 19.6 Å². The first-order chi connectivity index (χ1) is 32.9. The normalized spacial score (nSPS) is 12.3. The molecule has 0 aliphatic carbocycles. The van der Waals surface area contributed by atoms with Crippen LogP contribution in [0.4, 0.5) is 34.3 Å². The van der Waals surface area contributed by atoms with Gasteiger partial charge in [-0.1, -0.05) is 199 Å². The van der Waals surface area contributed by atoms with Gasteiger partial charge in [0, 0.05) is 27.9 Å². The summed E-state index contributed by atoms with van der Waals surface area (Å²) in [5.74, 6) is 0.679. The van der Waals surface area contributed by atoms with E-state index in [4.69, 9.17) is 16.0 Å². The molecule has 12 rings (SSSR count). The van der Waals surface area contributed by atoms with Gasteiger partial charge in [0.2, 0.25) is 5.88 Å². The number of benzene rings is 11. The van der Waals surface area contributed by atoms with Crippen LogP contribution in [0.1, 0.15) is 52.7 Å². The van der Waals surface area contributed by atoms with Gasteiger partial charge < -0.3 is 9.32 Å². The molecule has 0 N–H and O–H groups in total. The highest BCUT2D eigenvalue weighted by Crippen LogP contribution is 2.52. The van der Waals surface area contributed by atoms with Crippen LogP contribution in [-0.2, 0) is 10.8 Å². The van der Waals surface area contributed by atoms with E-state index >= 15 is 0 Å². The molecule has 0 aliphatic rings. The molecule has 68 heavy (non-hydrogen) atoms. The van der Waals surface area contributed by atoms with Crippen LogP contribution in [0.5, 0.6) is 0 Å². The largest absolute Gasteiger partial charge is 0.440 e. The van der Waals surface area contributed by atoms with Gasteiger partial charge in [-0.05, 0) is 124 Å². The van der Waals surface area contributed by atoms with Gasteiger partial charge in [0.1, 0.15) is 5.58 Å².